The van der Waals surface area contributed by atoms with Crippen molar-refractivity contribution in [1.82, 2.24) is 15.2 Å². The van der Waals surface area contributed by atoms with Crippen LogP contribution in [0.2, 0.25) is 0 Å². The number of aliphatic hydroxyl groups is 1. The van der Waals surface area contributed by atoms with Crippen LogP contribution in [0.25, 0.3) is 0 Å². The topological polar surface area (TPSA) is 103 Å². The fraction of sp³-hybridized carbons (Fsp3) is 0.371. The first-order valence-corrected chi connectivity index (χ1v) is 14.8. The van der Waals surface area contributed by atoms with E-state index in [0.717, 1.165) is 16.7 Å². The Hall–Kier alpha value is -4.30. The lowest BCUT2D eigenvalue weighted by Crippen LogP contribution is -2.53. The Kier molecular flexibility index (Phi) is 10.1. The summed E-state index contributed by atoms with van der Waals surface area (Å²) in [6.07, 6.45) is 5.96. The van der Waals surface area contributed by atoms with Crippen molar-refractivity contribution in [1.29, 1.82) is 0 Å². The van der Waals surface area contributed by atoms with Gasteiger partial charge in [0.25, 0.3) is 5.91 Å². The van der Waals surface area contributed by atoms with E-state index >= 15 is 0 Å². The van der Waals surface area contributed by atoms with E-state index < -0.39 is 24.0 Å². The average Bonchev–Trinajstić information content (AvgIpc) is 3.50. The third-order valence-corrected chi connectivity index (χ3v) is 7.92. The van der Waals surface area contributed by atoms with Gasteiger partial charge in [-0.3, -0.25) is 24.3 Å². The van der Waals surface area contributed by atoms with E-state index in [0.29, 0.717) is 37.1 Å². The predicted octanol–water partition coefficient (Wildman–Crippen LogP) is 4.66. The quantitative estimate of drug-likeness (QED) is 0.339. The molecule has 2 N–H and O–H groups in total. The second-order valence-electron chi connectivity index (χ2n) is 12.2. The lowest BCUT2D eigenvalue weighted by molar-refractivity contribution is -0.135. The molecule has 1 aliphatic rings. The van der Waals surface area contributed by atoms with Crippen molar-refractivity contribution in [2.45, 2.75) is 70.5 Å². The summed E-state index contributed by atoms with van der Waals surface area (Å²) >= 11 is 0. The molecule has 8 nitrogen and oxygen atoms in total. The van der Waals surface area contributed by atoms with E-state index in [1.165, 1.54) is 15.9 Å². The minimum atomic E-state index is -1.10. The number of amides is 3. The summed E-state index contributed by atoms with van der Waals surface area (Å²) < 4.78 is 0. The van der Waals surface area contributed by atoms with Crippen LogP contribution in [0.1, 0.15) is 61.9 Å². The number of carbonyl (C=O) groups is 3. The fourth-order valence-corrected chi connectivity index (χ4v) is 5.50. The van der Waals surface area contributed by atoms with Gasteiger partial charge in [0, 0.05) is 30.2 Å². The third-order valence-electron chi connectivity index (χ3n) is 7.92. The fourth-order valence-electron chi connectivity index (χ4n) is 5.50. The summed E-state index contributed by atoms with van der Waals surface area (Å²) in [5, 5.41) is 13.2. The lowest BCUT2D eigenvalue weighted by atomic mass is 9.87. The monoisotopic (exact) mass is 582 g/mol. The van der Waals surface area contributed by atoms with Gasteiger partial charge in [-0.2, -0.15) is 0 Å². The molecule has 226 valence electrons. The van der Waals surface area contributed by atoms with Crippen molar-refractivity contribution < 1.29 is 19.5 Å². The van der Waals surface area contributed by atoms with Crippen LogP contribution in [-0.4, -0.2) is 57.9 Å². The van der Waals surface area contributed by atoms with Crippen LogP contribution in [0.5, 0.6) is 0 Å². The smallest absolute Gasteiger partial charge is 0.250 e. The molecule has 0 spiro atoms. The van der Waals surface area contributed by atoms with Crippen LogP contribution in [0.4, 0.5) is 5.69 Å². The highest BCUT2D eigenvalue weighted by Gasteiger charge is 2.41. The van der Waals surface area contributed by atoms with Gasteiger partial charge < -0.3 is 15.3 Å². The first-order chi connectivity index (χ1) is 20.5. The molecular formula is C35H42N4O4. The zero-order valence-electron chi connectivity index (χ0n) is 25.5. The lowest BCUT2D eigenvalue weighted by Gasteiger charge is -2.36. The maximum atomic E-state index is 14.5. The molecule has 4 rings (SSSR count). The van der Waals surface area contributed by atoms with Crippen LogP contribution in [-0.2, 0) is 26.2 Å². The SMILES string of the molecule is C=CC(=O)N1CCCC1C(=O)N(c1ccc(C(C)(C)C)cc1)C(C(=O)NC(CO)Cc1ccc(C)cc1)c1cccnc1. The van der Waals surface area contributed by atoms with Gasteiger partial charge in [0.1, 0.15) is 12.1 Å². The zero-order valence-corrected chi connectivity index (χ0v) is 25.5. The summed E-state index contributed by atoms with van der Waals surface area (Å²) in [6, 6.07) is 16.6. The molecular weight excluding hydrogens is 540 g/mol. The maximum absolute atomic E-state index is 14.5. The van der Waals surface area contributed by atoms with Gasteiger partial charge >= 0.3 is 0 Å². The second-order valence-corrected chi connectivity index (χ2v) is 12.2. The van der Waals surface area contributed by atoms with Crippen molar-refractivity contribution in [3.8, 4) is 0 Å². The van der Waals surface area contributed by atoms with Crippen molar-refractivity contribution >= 4 is 23.4 Å². The largest absolute Gasteiger partial charge is 0.394 e. The van der Waals surface area contributed by atoms with Gasteiger partial charge in [-0.15, -0.1) is 0 Å². The highest BCUT2D eigenvalue weighted by atomic mass is 16.3. The van der Waals surface area contributed by atoms with E-state index in [2.05, 4.69) is 37.7 Å². The molecule has 0 radical (unpaired) electrons. The van der Waals surface area contributed by atoms with Crippen molar-refractivity contribution in [3.05, 3.63) is 108 Å². The summed E-state index contributed by atoms with van der Waals surface area (Å²) in [7, 11) is 0. The molecule has 0 aliphatic carbocycles. The number of hydrogen-bond acceptors (Lipinski definition) is 5. The molecule has 2 aromatic carbocycles. The maximum Gasteiger partial charge on any atom is 0.250 e. The van der Waals surface area contributed by atoms with Gasteiger partial charge in [0.2, 0.25) is 11.8 Å². The Bertz CT molecular complexity index is 1410. The van der Waals surface area contributed by atoms with E-state index in [1.54, 1.807) is 24.5 Å². The molecule has 3 atom stereocenters. The number of carbonyl (C=O) groups excluding carboxylic acids is 3. The van der Waals surface area contributed by atoms with Crippen LogP contribution in [0.15, 0.2) is 85.7 Å². The molecule has 8 heteroatoms. The Balaban J connectivity index is 1.77. The molecule has 0 bridgehead atoms. The molecule has 1 fully saturated rings. The minimum absolute atomic E-state index is 0.115. The highest BCUT2D eigenvalue weighted by molar-refractivity contribution is 6.05. The molecule has 1 aromatic heterocycles. The molecule has 1 aliphatic heterocycles. The number of nitrogens with one attached hydrogen (secondary N) is 1. The van der Waals surface area contributed by atoms with Crippen LogP contribution in [0, 0.1) is 6.92 Å². The number of likely N-dealkylation sites (tertiary alicyclic amines) is 1. The average molecular weight is 583 g/mol. The Labute approximate surface area is 254 Å². The number of benzene rings is 2. The Morgan fingerprint density at radius 2 is 1.81 bits per heavy atom. The predicted molar refractivity (Wildman–Crippen MR) is 168 cm³/mol. The summed E-state index contributed by atoms with van der Waals surface area (Å²) in [5.41, 5.74) is 4.09. The number of pyridine rings is 1. The van der Waals surface area contributed by atoms with E-state index in [-0.39, 0.29) is 23.8 Å². The second kappa shape index (κ2) is 13.8. The molecule has 3 amide bonds. The number of aromatic nitrogens is 1. The molecule has 3 unspecified atom stereocenters. The highest BCUT2D eigenvalue weighted by Crippen LogP contribution is 2.33. The van der Waals surface area contributed by atoms with Crippen LogP contribution < -0.4 is 10.2 Å². The van der Waals surface area contributed by atoms with E-state index in [1.807, 2.05) is 55.5 Å². The first-order valence-electron chi connectivity index (χ1n) is 14.8. The normalized spacial score (nSPS) is 16.3. The zero-order chi connectivity index (χ0) is 31.1. The first kappa shape index (κ1) is 31.6. The van der Waals surface area contributed by atoms with Crippen molar-refractivity contribution in [2.75, 3.05) is 18.1 Å². The van der Waals surface area contributed by atoms with Crippen molar-refractivity contribution in [3.63, 3.8) is 0 Å². The molecule has 3 aromatic rings. The van der Waals surface area contributed by atoms with Gasteiger partial charge in [-0.05, 0) is 67.0 Å². The Morgan fingerprint density at radius 3 is 2.40 bits per heavy atom. The van der Waals surface area contributed by atoms with Gasteiger partial charge in [-0.1, -0.05) is 75.4 Å². The number of aryl methyl sites for hydroxylation is 1. The van der Waals surface area contributed by atoms with Gasteiger partial charge in [-0.25, -0.2) is 0 Å². The number of aliphatic hydroxyl groups excluding tert-OH is 1. The number of rotatable bonds is 10. The number of anilines is 1. The minimum Gasteiger partial charge on any atom is -0.394 e. The van der Waals surface area contributed by atoms with Gasteiger partial charge in [0.15, 0.2) is 0 Å². The van der Waals surface area contributed by atoms with E-state index in [9.17, 15) is 19.5 Å². The summed E-state index contributed by atoms with van der Waals surface area (Å²) in [6.45, 7) is 12.1. The molecule has 0 saturated carbocycles. The number of nitrogens with zero attached hydrogens (tertiary/aromatic N) is 3. The van der Waals surface area contributed by atoms with Gasteiger partial charge in [0.05, 0.1) is 12.6 Å². The standard InChI is InChI=1S/C35H42N4O4/c1-6-31(41)38-20-8-10-30(38)34(43)39(29-17-15-27(16-18-29)35(3,4)5)32(26-9-7-19-36-22-26)33(42)37-28(23-40)21-25-13-11-24(2)12-14-25/h6-7,9,11-19,22,28,30,32,40H,1,8,10,20-21,23H2,2-5H3,(H,37,42). The summed E-state index contributed by atoms with van der Waals surface area (Å²) in [4.78, 5) is 48.7. The molecule has 43 heavy (non-hydrogen) atoms. The van der Waals surface area contributed by atoms with Crippen LogP contribution in [0.3, 0.4) is 0 Å². The number of hydrogen-bond donors (Lipinski definition) is 2. The summed E-state index contributed by atoms with van der Waals surface area (Å²) in [5.74, 6) is -1.13. The molecule has 2 heterocycles. The van der Waals surface area contributed by atoms with Crippen LogP contribution >= 0.6 is 0 Å². The van der Waals surface area contributed by atoms with E-state index in [4.69, 9.17) is 0 Å². The molecule has 1 saturated heterocycles. The van der Waals surface area contributed by atoms with Crippen molar-refractivity contribution in [2.24, 2.45) is 0 Å². The third kappa shape index (κ3) is 7.56. The Morgan fingerprint density at radius 1 is 1.12 bits per heavy atom.